The minimum absolute atomic E-state index is 0.0844. The maximum Gasteiger partial charge on any atom is 0.409 e. The van der Waals surface area contributed by atoms with Crippen LogP contribution in [-0.4, -0.2) is 93.6 Å². The zero-order valence-corrected chi connectivity index (χ0v) is 16.1. The van der Waals surface area contributed by atoms with Crippen molar-refractivity contribution in [2.45, 2.75) is 18.6 Å². The van der Waals surface area contributed by atoms with Gasteiger partial charge in [0.2, 0.25) is 0 Å². The number of aliphatic hydroxyl groups excluding tert-OH is 1. The summed E-state index contributed by atoms with van der Waals surface area (Å²) in [6.07, 6.45) is -0.415. The SMILES string of the molecule is COCCOCOC[C@H]1[C@@H](CO)N(Cc2ccccc2)CCN1C(=O)OC. The lowest BCUT2D eigenvalue weighted by Crippen LogP contribution is -2.63. The monoisotopic (exact) mass is 382 g/mol. The maximum absolute atomic E-state index is 12.2. The van der Waals surface area contributed by atoms with Crippen molar-refractivity contribution in [3.63, 3.8) is 0 Å². The van der Waals surface area contributed by atoms with Crippen LogP contribution in [0.4, 0.5) is 4.79 Å². The largest absolute Gasteiger partial charge is 0.453 e. The molecule has 8 heteroatoms. The van der Waals surface area contributed by atoms with Gasteiger partial charge in [-0.3, -0.25) is 9.80 Å². The first-order valence-corrected chi connectivity index (χ1v) is 9.09. The van der Waals surface area contributed by atoms with E-state index in [1.807, 2.05) is 18.2 Å². The summed E-state index contributed by atoms with van der Waals surface area (Å²) in [4.78, 5) is 16.0. The molecule has 1 amide bonds. The Kier molecular flexibility index (Phi) is 9.51. The van der Waals surface area contributed by atoms with Crippen LogP contribution in [0.25, 0.3) is 0 Å². The normalized spacial score (nSPS) is 20.6. The highest BCUT2D eigenvalue weighted by Crippen LogP contribution is 2.21. The topological polar surface area (TPSA) is 80.7 Å². The van der Waals surface area contributed by atoms with Crippen molar-refractivity contribution in [2.24, 2.45) is 0 Å². The molecule has 1 heterocycles. The van der Waals surface area contributed by atoms with Crippen LogP contribution in [-0.2, 0) is 25.5 Å². The third kappa shape index (κ3) is 6.44. The molecule has 0 unspecified atom stereocenters. The van der Waals surface area contributed by atoms with E-state index in [9.17, 15) is 9.90 Å². The minimum Gasteiger partial charge on any atom is -0.453 e. The molecule has 8 nitrogen and oxygen atoms in total. The molecule has 1 aromatic carbocycles. The van der Waals surface area contributed by atoms with E-state index in [-0.39, 0.29) is 32.1 Å². The lowest BCUT2D eigenvalue weighted by atomic mass is 10.0. The molecule has 2 atom stereocenters. The average molecular weight is 382 g/mol. The van der Waals surface area contributed by atoms with Crippen molar-refractivity contribution < 1.29 is 28.8 Å². The molecule has 1 fully saturated rings. The van der Waals surface area contributed by atoms with Crippen molar-refractivity contribution >= 4 is 6.09 Å². The lowest BCUT2D eigenvalue weighted by molar-refractivity contribution is -0.0998. The molecule has 27 heavy (non-hydrogen) atoms. The van der Waals surface area contributed by atoms with Crippen molar-refractivity contribution in [1.82, 2.24) is 9.80 Å². The molecule has 1 aliphatic heterocycles. The molecule has 0 saturated carbocycles. The Morgan fingerprint density at radius 3 is 2.56 bits per heavy atom. The molecule has 1 aromatic rings. The second kappa shape index (κ2) is 11.9. The van der Waals surface area contributed by atoms with Crippen LogP contribution >= 0.6 is 0 Å². The average Bonchev–Trinajstić information content (AvgIpc) is 2.71. The van der Waals surface area contributed by atoms with Gasteiger partial charge in [-0.25, -0.2) is 4.79 Å². The predicted molar refractivity (Wildman–Crippen MR) is 99.3 cm³/mol. The fourth-order valence-corrected chi connectivity index (χ4v) is 3.24. The van der Waals surface area contributed by atoms with E-state index in [0.717, 1.165) is 5.56 Å². The Bertz CT molecular complexity index is 544. The fourth-order valence-electron chi connectivity index (χ4n) is 3.24. The van der Waals surface area contributed by atoms with Gasteiger partial charge in [0.25, 0.3) is 0 Å². The number of aliphatic hydroxyl groups is 1. The van der Waals surface area contributed by atoms with E-state index in [1.165, 1.54) is 7.11 Å². The number of ether oxygens (including phenoxy) is 4. The number of methoxy groups -OCH3 is 2. The summed E-state index contributed by atoms with van der Waals surface area (Å²) in [7, 11) is 2.96. The third-order valence-corrected chi connectivity index (χ3v) is 4.65. The second-order valence-corrected chi connectivity index (χ2v) is 6.33. The number of carbonyl (C=O) groups is 1. The first-order valence-electron chi connectivity index (χ1n) is 9.09. The number of nitrogens with zero attached hydrogens (tertiary/aromatic N) is 2. The van der Waals surface area contributed by atoms with E-state index < -0.39 is 6.09 Å². The molecule has 2 rings (SSSR count). The van der Waals surface area contributed by atoms with Gasteiger partial charge in [0.05, 0.1) is 45.6 Å². The van der Waals surface area contributed by atoms with Crippen LogP contribution in [0, 0.1) is 0 Å². The summed E-state index contributed by atoms with van der Waals surface area (Å²) in [5.41, 5.74) is 1.16. The van der Waals surface area contributed by atoms with E-state index >= 15 is 0 Å². The standard InChI is InChI=1S/C19H30N2O6/c1-24-10-11-26-15-27-14-18-17(13-22)20(8-9-21(18)19(23)25-2)12-16-6-4-3-5-7-16/h3-7,17-18,22H,8-15H2,1-2H3/t17-,18+/m1/s1. The molecule has 0 aromatic heterocycles. The summed E-state index contributed by atoms with van der Waals surface area (Å²) in [5, 5.41) is 10.0. The van der Waals surface area contributed by atoms with Gasteiger partial charge in [-0.05, 0) is 5.56 Å². The molecular weight excluding hydrogens is 352 g/mol. The maximum atomic E-state index is 12.2. The number of hydrogen-bond donors (Lipinski definition) is 1. The summed E-state index contributed by atoms with van der Waals surface area (Å²) < 4.78 is 20.8. The van der Waals surface area contributed by atoms with Crippen LogP contribution in [0.15, 0.2) is 30.3 Å². The number of benzene rings is 1. The number of amides is 1. The lowest BCUT2D eigenvalue weighted by Gasteiger charge is -2.46. The van der Waals surface area contributed by atoms with Crippen molar-refractivity contribution in [3.8, 4) is 0 Å². The molecule has 0 bridgehead atoms. The molecule has 1 aliphatic rings. The molecule has 1 N–H and O–H groups in total. The Morgan fingerprint density at radius 2 is 1.89 bits per heavy atom. The first kappa shape index (κ1) is 21.6. The van der Waals surface area contributed by atoms with Crippen LogP contribution in [0.5, 0.6) is 0 Å². The number of hydrogen-bond acceptors (Lipinski definition) is 7. The van der Waals surface area contributed by atoms with E-state index in [1.54, 1.807) is 12.0 Å². The van der Waals surface area contributed by atoms with Gasteiger partial charge in [0.15, 0.2) is 0 Å². The zero-order chi connectivity index (χ0) is 19.5. The third-order valence-electron chi connectivity index (χ3n) is 4.65. The summed E-state index contributed by atoms with van der Waals surface area (Å²) >= 11 is 0. The molecule has 1 saturated heterocycles. The van der Waals surface area contributed by atoms with Gasteiger partial charge in [-0.1, -0.05) is 30.3 Å². The van der Waals surface area contributed by atoms with Crippen LogP contribution in [0.2, 0.25) is 0 Å². The molecule has 152 valence electrons. The van der Waals surface area contributed by atoms with Crippen molar-refractivity contribution in [1.29, 1.82) is 0 Å². The highest BCUT2D eigenvalue weighted by molar-refractivity contribution is 5.68. The second-order valence-electron chi connectivity index (χ2n) is 6.33. The first-order chi connectivity index (χ1) is 13.2. The van der Waals surface area contributed by atoms with E-state index in [2.05, 4.69) is 17.0 Å². The van der Waals surface area contributed by atoms with Crippen molar-refractivity contribution in [3.05, 3.63) is 35.9 Å². The Hall–Kier alpha value is -1.71. The predicted octanol–water partition coefficient (Wildman–Crippen LogP) is 0.937. The van der Waals surface area contributed by atoms with Gasteiger partial charge in [-0.2, -0.15) is 0 Å². The summed E-state index contributed by atoms with van der Waals surface area (Å²) in [6, 6.07) is 9.48. The van der Waals surface area contributed by atoms with E-state index in [0.29, 0.717) is 32.8 Å². The van der Waals surface area contributed by atoms with Gasteiger partial charge in [-0.15, -0.1) is 0 Å². The molecule has 0 radical (unpaired) electrons. The van der Waals surface area contributed by atoms with E-state index in [4.69, 9.17) is 18.9 Å². The number of carbonyl (C=O) groups excluding carboxylic acids is 1. The summed E-state index contributed by atoms with van der Waals surface area (Å²) in [5.74, 6) is 0. The quantitative estimate of drug-likeness (QED) is 0.476. The summed E-state index contributed by atoms with van der Waals surface area (Å²) in [6.45, 7) is 3.05. The van der Waals surface area contributed by atoms with Gasteiger partial charge < -0.3 is 24.1 Å². The molecule has 0 spiro atoms. The highest BCUT2D eigenvalue weighted by atomic mass is 16.7. The Balaban J connectivity index is 2.01. The zero-order valence-electron chi connectivity index (χ0n) is 16.1. The Labute approximate surface area is 160 Å². The van der Waals surface area contributed by atoms with Gasteiger partial charge in [0.1, 0.15) is 6.79 Å². The fraction of sp³-hybridized carbons (Fsp3) is 0.632. The minimum atomic E-state index is -0.415. The number of piperazine rings is 1. The number of rotatable bonds is 10. The highest BCUT2D eigenvalue weighted by Gasteiger charge is 2.39. The van der Waals surface area contributed by atoms with Crippen LogP contribution in [0.1, 0.15) is 5.56 Å². The van der Waals surface area contributed by atoms with Gasteiger partial charge in [0, 0.05) is 26.7 Å². The molecule has 0 aliphatic carbocycles. The Morgan fingerprint density at radius 1 is 1.11 bits per heavy atom. The van der Waals surface area contributed by atoms with Gasteiger partial charge >= 0.3 is 6.09 Å². The van der Waals surface area contributed by atoms with Crippen molar-refractivity contribution in [2.75, 3.05) is 60.5 Å². The smallest absolute Gasteiger partial charge is 0.409 e. The molecular formula is C19H30N2O6. The van der Waals surface area contributed by atoms with Crippen LogP contribution in [0.3, 0.4) is 0 Å². The van der Waals surface area contributed by atoms with Crippen LogP contribution < -0.4 is 0 Å².